The Balaban J connectivity index is 1.96. The molecular formula is C17H15IO3. The summed E-state index contributed by atoms with van der Waals surface area (Å²) in [7, 11) is 0. The van der Waals surface area contributed by atoms with Crippen LogP contribution in [-0.2, 0) is 9.53 Å². The lowest BCUT2D eigenvalue weighted by Gasteiger charge is -2.26. The molecule has 0 fully saturated rings. The molecule has 0 radical (unpaired) electrons. The monoisotopic (exact) mass is 394 g/mol. The van der Waals surface area contributed by atoms with Gasteiger partial charge in [0.05, 0.1) is 6.61 Å². The van der Waals surface area contributed by atoms with Gasteiger partial charge in [0.1, 0.15) is 17.4 Å². The van der Waals surface area contributed by atoms with Crippen molar-refractivity contribution in [1.82, 2.24) is 0 Å². The molecule has 0 bridgehead atoms. The minimum Gasteiger partial charge on any atom is -0.465 e. The van der Waals surface area contributed by atoms with Crippen LogP contribution in [0.4, 0.5) is 0 Å². The maximum Gasteiger partial charge on any atom is 0.318 e. The van der Waals surface area contributed by atoms with Crippen LogP contribution in [0.25, 0.3) is 0 Å². The molecule has 1 aliphatic rings. The van der Waals surface area contributed by atoms with Crippen molar-refractivity contribution in [3.63, 3.8) is 0 Å². The predicted octanol–water partition coefficient (Wildman–Crippen LogP) is 4.29. The fourth-order valence-electron chi connectivity index (χ4n) is 2.47. The smallest absolute Gasteiger partial charge is 0.318 e. The van der Waals surface area contributed by atoms with E-state index in [9.17, 15) is 4.79 Å². The Bertz CT molecular complexity index is 608. The Hall–Kier alpha value is -1.56. The molecule has 1 heterocycles. The molecule has 3 nitrogen and oxygen atoms in total. The zero-order chi connectivity index (χ0) is 14.7. The van der Waals surface area contributed by atoms with Gasteiger partial charge in [0, 0.05) is 15.6 Å². The first kappa shape index (κ1) is 14.4. The average molecular weight is 394 g/mol. The van der Waals surface area contributed by atoms with Crippen molar-refractivity contribution in [2.24, 2.45) is 0 Å². The standard InChI is InChI=1S/C17H15IO3/c18-10-5-11-20-17(19)16-12-6-1-3-8-14(12)21-15-9-4-2-7-13(15)16/h1-4,6-9,16H,5,10-11H2. The molecule has 1 aliphatic heterocycles. The van der Waals surface area contributed by atoms with Crippen LogP contribution < -0.4 is 4.74 Å². The van der Waals surface area contributed by atoms with Crippen LogP contribution >= 0.6 is 22.6 Å². The van der Waals surface area contributed by atoms with Crippen LogP contribution in [0.5, 0.6) is 11.5 Å². The highest BCUT2D eigenvalue weighted by molar-refractivity contribution is 14.1. The van der Waals surface area contributed by atoms with E-state index >= 15 is 0 Å². The Morgan fingerprint density at radius 2 is 1.62 bits per heavy atom. The van der Waals surface area contributed by atoms with Crippen LogP contribution in [-0.4, -0.2) is 17.0 Å². The summed E-state index contributed by atoms with van der Waals surface area (Å²) < 4.78 is 12.3. The van der Waals surface area contributed by atoms with Crippen molar-refractivity contribution in [3.05, 3.63) is 59.7 Å². The summed E-state index contributed by atoms with van der Waals surface area (Å²) in [6, 6.07) is 15.3. The Morgan fingerprint density at radius 3 is 2.19 bits per heavy atom. The normalized spacial score (nSPS) is 13.0. The molecule has 0 saturated heterocycles. The number of ether oxygens (including phenoxy) is 2. The summed E-state index contributed by atoms with van der Waals surface area (Å²) >= 11 is 2.28. The van der Waals surface area contributed by atoms with Gasteiger partial charge >= 0.3 is 5.97 Å². The van der Waals surface area contributed by atoms with E-state index in [0.717, 1.165) is 33.5 Å². The highest BCUT2D eigenvalue weighted by atomic mass is 127. The van der Waals surface area contributed by atoms with Crippen molar-refractivity contribution < 1.29 is 14.3 Å². The molecule has 108 valence electrons. The minimum atomic E-state index is -0.402. The molecule has 21 heavy (non-hydrogen) atoms. The van der Waals surface area contributed by atoms with E-state index in [-0.39, 0.29) is 5.97 Å². The van der Waals surface area contributed by atoms with Gasteiger partial charge in [-0.3, -0.25) is 4.79 Å². The molecule has 0 amide bonds. The molecule has 0 unspecified atom stereocenters. The molecule has 0 saturated carbocycles. The molecule has 0 atom stereocenters. The van der Waals surface area contributed by atoms with Crippen LogP contribution in [0.3, 0.4) is 0 Å². The van der Waals surface area contributed by atoms with Gasteiger partial charge in [0.15, 0.2) is 0 Å². The molecule has 2 aromatic rings. The van der Waals surface area contributed by atoms with Gasteiger partial charge in [-0.2, -0.15) is 0 Å². The van der Waals surface area contributed by atoms with Gasteiger partial charge in [-0.05, 0) is 18.6 Å². The third-order valence-corrected chi connectivity index (χ3v) is 4.20. The summed E-state index contributed by atoms with van der Waals surface area (Å²) in [4.78, 5) is 12.5. The minimum absolute atomic E-state index is 0.206. The van der Waals surface area contributed by atoms with E-state index < -0.39 is 5.92 Å². The third-order valence-electron chi connectivity index (χ3n) is 3.44. The molecule has 0 aliphatic carbocycles. The Morgan fingerprint density at radius 1 is 1.05 bits per heavy atom. The van der Waals surface area contributed by atoms with Crippen LogP contribution in [0.1, 0.15) is 23.5 Å². The number of alkyl halides is 1. The molecule has 0 N–H and O–H groups in total. The van der Waals surface area contributed by atoms with Crippen molar-refractivity contribution in [1.29, 1.82) is 0 Å². The van der Waals surface area contributed by atoms with E-state index in [2.05, 4.69) is 22.6 Å². The lowest BCUT2D eigenvalue weighted by Crippen LogP contribution is -2.21. The van der Waals surface area contributed by atoms with Crippen molar-refractivity contribution >= 4 is 28.6 Å². The zero-order valence-electron chi connectivity index (χ0n) is 11.4. The van der Waals surface area contributed by atoms with Crippen molar-refractivity contribution in [3.8, 4) is 11.5 Å². The third kappa shape index (κ3) is 2.90. The second-order valence-electron chi connectivity index (χ2n) is 4.82. The van der Waals surface area contributed by atoms with E-state index in [1.165, 1.54) is 0 Å². The number of rotatable bonds is 4. The molecule has 0 spiro atoms. The highest BCUT2D eigenvalue weighted by Gasteiger charge is 2.33. The van der Waals surface area contributed by atoms with Gasteiger partial charge in [-0.25, -0.2) is 0 Å². The van der Waals surface area contributed by atoms with Crippen LogP contribution in [0.2, 0.25) is 0 Å². The SMILES string of the molecule is O=C(OCCCI)C1c2ccccc2Oc2ccccc21. The lowest BCUT2D eigenvalue weighted by molar-refractivity contribution is -0.144. The van der Waals surface area contributed by atoms with E-state index in [0.29, 0.717) is 6.61 Å². The summed E-state index contributed by atoms with van der Waals surface area (Å²) in [5.41, 5.74) is 1.74. The second-order valence-corrected chi connectivity index (χ2v) is 5.90. The fraction of sp³-hybridized carbons (Fsp3) is 0.235. The maximum absolute atomic E-state index is 12.5. The Kier molecular flexibility index (Phi) is 4.43. The summed E-state index contributed by atoms with van der Waals surface area (Å²) in [6.07, 6.45) is 0.874. The van der Waals surface area contributed by atoms with Crippen molar-refractivity contribution in [2.75, 3.05) is 11.0 Å². The first-order valence-electron chi connectivity index (χ1n) is 6.89. The molecule has 3 rings (SSSR count). The quantitative estimate of drug-likeness (QED) is 0.336. The fourth-order valence-corrected chi connectivity index (χ4v) is 2.79. The molecular weight excluding hydrogens is 379 g/mol. The highest BCUT2D eigenvalue weighted by Crippen LogP contribution is 2.44. The first-order chi connectivity index (χ1) is 10.3. The van der Waals surface area contributed by atoms with Gasteiger partial charge in [0.2, 0.25) is 0 Å². The number of hydrogen-bond donors (Lipinski definition) is 0. The molecule has 4 heteroatoms. The number of carbonyl (C=O) groups excluding carboxylic acids is 1. The summed E-state index contributed by atoms with van der Waals surface area (Å²) in [5, 5.41) is 0. The van der Waals surface area contributed by atoms with E-state index in [4.69, 9.17) is 9.47 Å². The number of hydrogen-bond acceptors (Lipinski definition) is 3. The number of fused-ring (bicyclic) bond motifs is 2. The van der Waals surface area contributed by atoms with Gasteiger partial charge < -0.3 is 9.47 Å². The topological polar surface area (TPSA) is 35.5 Å². The van der Waals surface area contributed by atoms with Crippen LogP contribution in [0.15, 0.2) is 48.5 Å². The summed E-state index contributed by atoms with van der Waals surface area (Å²) in [5.74, 6) is 0.850. The largest absolute Gasteiger partial charge is 0.465 e. The molecule has 2 aromatic carbocycles. The van der Waals surface area contributed by atoms with E-state index in [1.54, 1.807) is 0 Å². The number of para-hydroxylation sites is 2. The van der Waals surface area contributed by atoms with Crippen LogP contribution in [0, 0.1) is 0 Å². The predicted molar refractivity (Wildman–Crippen MR) is 89.3 cm³/mol. The number of halogens is 1. The van der Waals surface area contributed by atoms with Gasteiger partial charge in [-0.1, -0.05) is 59.0 Å². The Labute approximate surface area is 137 Å². The van der Waals surface area contributed by atoms with Gasteiger partial charge in [0.25, 0.3) is 0 Å². The maximum atomic E-state index is 12.5. The number of carbonyl (C=O) groups is 1. The van der Waals surface area contributed by atoms with Crippen molar-refractivity contribution in [2.45, 2.75) is 12.3 Å². The second kappa shape index (κ2) is 6.47. The van der Waals surface area contributed by atoms with E-state index in [1.807, 2.05) is 48.5 Å². The summed E-state index contributed by atoms with van der Waals surface area (Å²) in [6.45, 7) is 0.462. The first-order valence-corrected chi connectivity index (χ1v) is 8.42. The zero-order valence-corrected chi connectivity index (χ0v) is 13.6. The lowest BCUT2D eigenvalue weighted by atomic mass is 9.88. The average Bonchev–Trinajstić information content (AvgIpc) is 2.52. The number of esters is 1. The van der Waals surface area contributed by atoms with Gasteiger partial charge in [-0.15, -0.1) is 0 Å². The molecule has 0 aromatic heterocycles. The number of benzene rings is 2.